The average molecular weight is 151 g/mol. The van der Waals surface area contributed by atoms with Crippen LogP contribution in [0.1, 0.15) is 25.7 Å². The molecule has 0 aliphatic rings. The smallest absolute Gasteiger partial charge is 0.00773 e. The standard InChI is InChI=1S/C6H16N2.H3N.H2O/c7-5-3-1-2-4-6-8;;/h1-8H2;1H3;1H2. The summed E-state index contributed by atoms with van der Waals surface area (Å²) in [4.78, 5) is 0. The van der Waals surface area contributed by atoms with Gasteiger partial charge in [0.15, 0.2) is 0 Å². The first-order chi connectivity index (χ1) is 3.91. The van der Waals surface area contributed by atoms with Crippen LogP contribution < -0.4 is 17.6 Å². The highest BCUT2D eigenvalue weighted by Gasteiger charge is 1.83. The molecule has 0 aromatic heterocycles. The Morgan fingerprint density at radius 2 is 1.00 bits per heavy atom. The van der Waals surface area contributed by atoms with Gasteiger partial charge in [0.1, 0.15) is 0 Å². The predicted octanol–water partition coefficient (Wildman–Crippen LogP) is 0.664. The van der Waals surface area contributed by atoms with Crippen LogP contribution in [0, 0.1) is 0 Å². The van der Waals surface area contributed by atoms with E-state index in [0.29, 0.717) is 0 Å². The van der Waals surface area contributed by atoms with Crippen molar-refractivity contribution in [2.24, 2.45) is 11.5 Å². The number of unbranched alkanes of at least 4 members (excludes halogenated alkanes) is 3. The van der Waals surface area contributed by atoms with E-state index in [1.807, 2.05) is 0 Å². The lowest BCUT2D eigenvalue weighted by Crippen LogP contribution is -2.00. The second-order valence-corrected chi connectivity index (χ2v) is 1.99. The van der Waals surface area contributed by atoms with Crippen LogP contribution in [0.15, 0.2) is 0 Å². The molecule has 9 N–H and O–H groups in total. The minimum Gasteiger partial charge on any atom is -0.870 e. The number of rotatable bonds is 5. The van der Waals surface area contributed by atoms with Crippen LogP contribution in [0.25, 0.3) is 0 Å². The number of hydrogen-bond acceptors (Lipinski definition) is 3. The van der Waals surface area contributed by atoms with Gasteiger partial charge in [-0.3, -0.25) is 0 Å². The van der Waals surface area contributed by atoms with Crippen molar-refractivity contribution in [1.82, 2.24) is 6.15 Å². The van der Waals surface area contributed by atoms with E-state index in [-0.39, 0.29) is 11.6 Å². The summed E-state index contributed by atoms with van der Waals surface area (Å²) in [5.74, 6) is 0. The first-order valence-corrected chi connectivity index (χ1v) is 3.32. The fourth-order valence-corrected chi connectivity index (χ4v) is 0.642. The summed E-state index contributed by atoms with van der Waals surface area (Å²) >= 11 is 0. The monoisotopic (exact) mass is 151 g/mol. The van der Waals surface area contributed by atoms with Gasteiger partial charge in [-0.15, -0.1) is 0 Å². The first-order valence-electron chi connectivity index (χ1n) is 3.32. The van der Waals surface area contributed by atoms with Crippen LogP contribution in [-0.4, -0.2) is 18.6 Å². The van der Waals surface area contributed by atoms with Gasteiger partial charge in [-0.2, -0.15) is 0 Å². The highest BCUT2D eigenvalue weighted by atomic mass is 16.0. The maximum absolute atomic E-state index is 5.28. The van der Waals surface area contributed by atoms with Gasteiger partial charge in [0.05, 0.1) is 0 Å². The molecule has 0 radical (unpaired) electrons. The third kappa shape index (κ3) is 15.7. The molecule has 4 heteroatoms. The summed E-state index contributed by atoms with van der Waals surface area (Å²) in [7, 11) is 0. The molecule has 0 fully saturated rings. The second kappa shape index (κ2) is 15.9. The molecule has 0 atom stereocenters. The maximum atomic E-state index is 5.28. The fraction of sp³-hybridized carbons (Fsp3) is 1.00. The number of hydrogen-bond donors (Lipinski definition) is 3. The Morgan fingerprint density at radius 1 is 0.700 bits per heavy atom. The molecule has 0 aromatic carbocycles. The third-order valence-corrected chi connectivity index (χ3v) is 1.16. The zero-order valence-corrected chi connectivity index (χ0v) is 6.84. The summed E-state index contributed by atoms with van der Waals surface area (Å²) < 4.78 is 0. The van der Waals surface area contributed by atoms with Crippen molar-refractivity contribution >= 4 is 0 Å². The Kier molecular flexibility index (Phi) is 26.2. The molecule has 0 amide bonds. The minimum atomic E-state index is 0. The minimum absolute atomic E-state index is 0. The lowest BCUT2D eigenvalue weighted by atomic mass is 10.2. The molecule has 0 unspecified atom stereocenters. The summed E-state index contributed by atoms with van der Waals surface area (Å²) in [6.45, 7) is 1.65. The van der Waals surface area contributed by atoms with E-state index in [0.717, 1.165) is 25.9 Å². The van der Waals surface area contributed by atoms with E-state index in [1.54, 1.807) is 0 Å². The van der Waals surface area contributed by atoms with E-state index in [4.69, 9.17) is 11.5 Å². The third-order valence-electron chi connectivity index (χ3n) is 1.16. The predicted molar refractivity (Wildman–Crippen MR) is 44.5 cm³/mol. The van der Waals surface area contributed by atoms with E-state index >= 15 is 0 Å². The van der Waals surface area contributed by atoms with Crippen LogP contribution in [0.2, 0.25) is 0 Å². The first kappa shape index (κ1) is 16.4. The van der Waals surface area contributed by atoms with Crippen molar-refractivity contribution < 1.29 is 5.48 Å². The molecule has 0 saturated heterocycles. The average Bonchev–Trinajstić information content (AvgIpc) is 1.81. The van der Waals surface area contributed by atoms with Crippen molar-refractivity contribution in [3.05, 3.63) is 0 Å². The van der Waals surface area contributed by atoms with E-state index in [2.05, 4.69) is 0 Å². The molecule has 4 nitrogen and oxygen atoms in total. The zero-order valence-electron chi connectivity index (χ0n) is 6.84. The number of nitrogens with two attached hydrogens (primary N) is 2. The summed E-state index contributed by atoms with van der Waals surface area (Å²) in [6, 6.07) is 0. The second-order valence-electron chi connectivity index (χ2n) is 1.99. The normalized spacial score (nSPS) is 7.80. The zero-order chi connectivity index (χ0) is 6.24. The Bertz CT molecular complexity index is 38.0. The van der Waals surface area contributed by atoms with E-state index in [9.17, 15) is 0 Å². The molecule has 0 aliphatic carbocycles. The highest BCUT2D eigenvalue weighted by molar-refractivity contribution is 4.43. The molecule has 66 valence electrons. The molecular formula is C6H21N3O. The fourth-order valence-electron chi connectivity index (χ4n) is 0.642. The van der Waals surface area contributed by atoms with Gasteiger partial charge < -0.3 is 23.1 Å². The van der Waals surface area contributed by atoms with Gasteiger partial charge in [0.25, 0.3) is 0 Å². The van der Waals surface area contributed by atoms with Gasteiger partial charge >= 0.3 is 0 Å². The van der Waals surface area contributed by atoms with Crippen molar-refractivity contribution in [2.75, 3.05) is 13.1 Å². The SMILES string of the molecule is NCCCCCCN.[NH4+].[OH-]. The topological polar surface area (TPSA) is 119 Å². The van der Waals surface area contributed by atoms with E-state index < -0.39 is 0 Å². The van der Waals surface area contributed by atoms with Crippen LogP contribution in [-0.2, 0) is 0 Å². The van der Waals surface area contributed by atoms with Crippen molar-refractivity contribution in [1.29, 1.82) is 0 Å². The quantitative estimate of drug-likeness (QED) is 0.501. The Morgan fingerprint density at radius 3 is 1.20 bits per heavy atom. The molecule has 0 aliphatic heterocycles. The molecule has 0 saturated carbocycles. The molecule has 10 heavy (non-hydrogen) atoms. The van der Waals surface area contributed by atoms with Crippen molar-refractivity contribution in [2.45, 2.75) is 25.7 Å². The highest BCUT2D eigenvalue weighted by Crippen LogP contribution is 1.95. The molecule has 0 heterocycles. The molecule has 0 spiro atoms. The van der Waals surface area contributed by atoms with Gasteiger partial charge in [0.2, 0.25) is 0 Å². The number of quaternary nitrogens is 1. The lowest BCUT2D eigenvalue weighted by molar-refractivity contribution is 0.653. The Balaban J connectivity index is -0.000000245. The van der Waals surface area contributed by atoms with Crippen LogP contribution >= 0.6 is 0 Å². The molecule has 0 aromatic rings. The Labute approximate surface area is 62.9 Å². The van der Waals surface area contributed by atoms with Crippen molar-refractivity contribution in [3.63, 3.8) is 0 Å². The van der Waals surface area contributed by atoms with Gasteiger partial charge in [-0.25, -0.2) is 0 Å². The largest absolute Gasteiger partial charge is 0.870 e. The molecular weight excluding hydrogens is 130 g/mol. The van der Waals surface area contributed by atoms with Gasteiger partial charge in [-0.1, -0.05) is 12.8 Å². The molecule has 0 rings (SSSR count). The van der Waals surface area contributed by atoms with Crippen LogP contribution in [0.5, 0.6) is 0 Å². The Hall–Kier alpha value is -0.160. The van der Waals surface area contributed by atoms with Gasteiger partial charge in [0, 0.05) is 0 Å². The maximum Gasteiger partial charge on any atom is -0.00773 e. The van der Waals surface area contributed by atoms with E-state index in [1.165, 1.54) is 12.8 Å². The van der Waals surface area contributed by atoms with Gasteiger partial charge in [-0.05, 0) is 25.9 Å². The molecule has 0 bridgehead atoms. The lowest BCUT2D eigenvalue weighted by Gasteiger charge is -1.94. The van der Waals surface area contributed by atoms with Crippen LogP contribution in [0.3, 0.4) is 0 Å². The summed E-state index contributed by atoms with van der Waals surface area (Å²) in [5.41, 5.74) is 10.6. The summed E-state index contributed by atoms with van der Waals surface area (Å²) in [5, 5.41) is 0. The van der Waals surface area contributed by atoms with Crippen molar-refractivity contribution in [3.8, 4) is 0 Å². The summed E-state index contributed by atoms with van der Waals surface area (Å²) in [6.07, 6.45) is 4.79. The van der Waals surface area contributed by atoms with Crippen LogP contribution in [0.4, 0.5) is 0 Å².